The van der Waals surface area contributed by atoms with Crippen LogP contribution in [0.5, 0.6) is 11.5 Å². The lowest BCUT2D eigenvalue weighted by atomic mass is 9.86. The molecule has 0 saturated carbocycles. The molecule has 0 bridgehead atoms. The standard InChI is InChI=1S/C29H45NO11/c1-10-27(6,7)40-25(34)38-21-13-12-20(14-22(21)39-26(35)41-28(8,9)11-2)16-29(30,23(31)32)15-19(5)37-24(33)36-17-18(3)4/h12-14,18-19H,10-11,15-17,30H2,1-9H3,(H,31,32)/t19-,29?/m0/s1. The topological polar surface area (TPSA) is 170 Å². The predicted octanol–water partition coefficient (Wildman–Crippen LogP) is 6.01. The molecule has 1 rings (SSSR count). The maximum Gasteiger partial charge on any atom is 0.514 e. The quantitative estimate of drug-likeness (QED) is 0.149. The number of rotatable bonds is 14. The van der Waals surface area contributed by atoms with Crippen LogP contribution in [-0.4, -0.2) is 59.0 Å². The minimum Gasteiger partial charge on any atom is -0.480 e. The Labute approximate surface area is 241 Å². The van der Waals surface area contributed by atoms with Gasteiger partial charge in [-0.2, -0.15) is 0 Å². The zero-order valence-corrected chi connectivity index (χ0v) is 25.5. The lowest BCUT2D eigenvalue weighted by Gasteiger charge is -2.28. The molecule has 1 aromatic carbocycles. The summed E-state index contributed by atoms with van der Waals surface area (Å²) < 4.78 is 31.5. The summed E-state index contributed by atoms with van der Waals surface area (Å²) in [5.41, 5.74) is 3.07. The van der Waals surface area contributed by atoms with Crippen LogP contribution in [0.2, 0.25) is 0 Å². The van der Waals surface area contributed by atoms with Gasteiger partial charge in [-0.3, -0.25) is 4.79 Å². The summed E-state index contributed by atoms with van der Waals surface area (Å²) in [5, 5.41) is 9.94. The summed E-state index contributed by atoms with van der Waals surface area (Å²) in [6, 6.07) is 4.12. The van der Waals surface area contributed by atoms with Gasteiger partial charge in [-0.15, -0.1) is 0 Å². The SMILES string of the molecule is CCC(C)(C)OC(=O)Oc1ccc(CC(N)(C[C@H](C)OC(=O)OCC(C)C)C(=O)O)cc1OC(=O)OC(C)(C)CC. The molecule has 232 valence electrons. The first-order valence-corrected chi connectivity index (χ1v) is 13.6. The summed E-state index contributed by atoms with van der Waals surface area (Å²) in [6.45, 7) is 15.9. The van der Waals surface area contributed by atoms with E-state index in [0.717, 1.165) is 0 Å². The van der Waals surface area contributed by atoms with Gasteiger partial charge < -0.3 is 39.3 Å². The molecule has 2 atom stereocenters. The fourth-order valence-electron chi connectivity index (χ4n) is 3.23. The van der Waals surface area contributed by atoms with E-state index in [2.05, 4.69) is 0 Å². The molecule has 0 radical (unpaired) electrons. The molecule has 12 nitrogen and oxygen atoms in total. The highest BCUT2D eigenvalue weighted by Gasteiger charge is 2.37. The van der Waals surface area contributed by atoms with Crippen molar-refractivity contribution in [1.29, 1.82) is 0 Å². The zero-order chi connectivity index (χ0) is 31.6. The van der Waals surface area contributed by atoms with Gasteiger partial charge in [0.25, 0.3) is 0 Å². The number of aliphatic carboxylic acids is 1. The van der Waals surface area contributed by atoms with E-state index < -0.39 is 47.3 Å². The second-order valence-corrected chi connectivity index (χ2v) is 11.6. The molecule has 0 amide bonds. The second-order valence-electron chi connectivity index (χ2n) is 11.6. The van der Waals surface area contributed by atoms with Crippen LogP contribution in [-0.2, 0) is 30.2 Å². The van der Waals surface area contributed by atoms with Gasteiger partial charge >= 0.3 is 24.4 Å². The Morgan fingerprint density at radius 3 is 1.83 bits per heavy atom. The average Bonchev–Trinajstić information content (AvgIpc) is 2.83. The number of benzene rings is 1. The van der Waals surface area contributed by atoms with Crippen LogP contribution in [0, 0.1) is 5.92 Å². The summed E-state index contributed by atoms with van der Waals surface area (Å²) in [4.78, 5) is 49.1. The Morgan fingerprint density at radius 2 is 1.37 bits per heavy atom. The van der Waals surface area contributed by atoms with Gasteiger partial charge in [-0.05, 0) is 71.1 Å². The van der Waals surface area contributed by atoms with Crippen molar-refractivity contribution in [2.75, 3.05) is 6.61 Å². The lowest BCUT2D eigenvalue weighted by Crippen LogP contribution is -2.52. The van der Waals surface area contributed by atoms with E-state index in [0.29, 0.717) is 18.4 Å². The van der Waals surface area contributed by atoms with Crippen molar-refractivity contribution in [3.8, 4) is 11.5 Å². The number of hydrogen-bond acceptors (Lipinski definition) is 11. The Hall–Kier alpha value is -3.54. The molecule has 0 aliphatic rings. The van der Waals surface area contributed by atoms with Crippen molar-refractivity contribution in [2.24, 2.45) is 11.7 Å². The third-order valence-electron chi connectivity index (χ3n) is 6.25. The highest BCUT2D eigenvalue weighted by Crippen LogP contribution is 2.32. The van der Waals surface area contributed by atoms with Crippen molar-refractivity contribution < 1.29 is 52.7 Å². The zero-order valence-electron chi connectivity index (χ0n) is 25.5. The van der Waals surface area contributed by atoms with Crippen molar-refractivity contribution in [1.82, 2.24) is 0 Å². The van der Waals surface area contributed by atoms with Crippen LogP contribution in [0.4, 0.5) is 14.4 Å². The Balaban J connectivity index is 3.24. The highest BCUT2D eigenvalue weighted by molar-refractivity contribution is 5.79. The number of carboxylic acids is 1. The van der Waals surface area contributed by atoms with Gasteiger partial charge in [0.05, 0.1) is 6.61 Å². The largest absolute Gasteiger partial charge is 0.514 e. The van der Waals surface area contributed by atoms with E-state index in [-0.39, 0.29) is 36.9 Å². The molecule has 1 aromatic rings. The number of ether oxygens (including phenoxy) is 6. The van der Waals surface area contributed by atoms with Crippen molar-refractivity contribution in [2.45, 2.75) is 111 Å². The van der Waals surface area contributed by atoms with Crippen LogP contribution in [0.25, 0.3) is 0 Å². The fourth-order valence-corrected chi connectivity index (χ4v) is 3.23. The molecule has 0 aliphatic carbocycles. The Morgan fingerprint density at radius 1 is 0.854 bits per heavy atom. The maximum absolute atomic E-state index is 12.6. The first kappa shape index (κ1) is 35.5. The van der Waals surface area contributed by atoms with Crippen molar-refractivity contribution >= 4 is 24.4 Å². The van der Waals surface area contributed by atoms with Gasteiger partial charge in [0.1, 0.15) is 22.8 Å². The van der Waals surface area contributed by atoms with Gasteiger partial charge in [0.15, 0.2) is 11.5 Å². The molecule has 0 fully saturated rings. The molecular formula is C29H45NO11. The Kier molecular flexibility index (Phi) is 12.9. The van der Waals surface area contributed by atoms with Crippen LogP contribution >= 0.6 is 0 Å². The molecule has 3 N–H and O–H groups in total. The molecular weight excluding hydrogens is 538 g/mol. The van der Waals surface area contributed by atoms with Gasteiger partial charge in [-0.25, -0.2) is 14.4 Å². The average molecular weight is 584 g/mol. The van der Waals surface area contributed by atoms with Crippen LogP contribution in [0.15, 0.2) is 18.2 Å². The minimum absolute atomic E-state index is 0.0964. The molecule has 0 heterocycles. The Bertz CT molecular complexity index is 1070. The van der Waals surface area contributed by atoms with E-state index in [9.17, 15) is 24.3 Å². The highest BCUT2D eigenvalue weighted by atomic mass is 16.8. The lowest BCUT2D eigenvalue weighted by molar-refractivity contribution is -0.144. The van der Waals surface area contributed by atoms with E-state index in [1.54, 1.807) is 27.7 Å². The first-order valence-electron chi connectivity index (χ1n) is 13.6. The molecule has 1 unspecified atom stereocenters. The monoisotopic (exact) mass is 583 g/mol. The predicted molar refractivity (Wildman–Crippen MR) is 149 cm³/mol. The van der Waals surface area contributed by atoms with Gasteiger partial charge in [-0.1, -0.05) is 33.8 Å². The van der Waals surface area contributed by atoms with E-state index in [1.807, 2.05) is 27.7 Å². The van der Waals surface area contributed by atoms with Gasteiger partial charge in [0.2, 0.25) is 0 Å². The minimum atomic E-state index is -1.88. The number of hydrogen-bond donors (Lipinski definition) is 2. The molecule has 41 heavy (non-hydrogen) atoms. The number of carboxylic acid groups (broad SMARTS) is 1. The van der Waals surface area contributed by atoms with Crippen molar-refractivity contribution in [3.63, 3.8) is 0 Å². The number of nitrogens with two attached hydrogens (primary N) is 1. The summed E-state index contributed by atoms with van der Waals surface area (Å²) in [7, 11) is 0. The van der Waals surface area contributed by atoms with Crippen LogP contribution in [0.3, 0.4) is 0 Å². The molecule has 0 aromatic heterocycles. The number of carbonyl (C=O) groups excluding carboxylic acids is 3. The smallest absolute Gasteiger partial charge is 0.480 e. The molecule has 0 saturated heterocycles. The summed E-state index contributed by atoms with van der Waals surface area (Å²) in [6.07, 6.45) is -3.38. The fraction of sp³-hybridized carbons (Fsp3) is 0.655. The van der Waals surface area contributed by atoms with Crippen molar-refractivity contribution in [3.05, 3.63) is 23.8 Å². The van der Waals surface area contributed by atoms with E-state index in [4.69, 9.17) is 34.2 Å². The summed E-state index contributed by atoms with van der Waals surface area (Å²) in [5.74, 6) is -1.61. The third kappa shape index (κ3) is 12.7. The van der Waals surface area contributed by atoms with Gasteiger partial charge in [0, 0.05) is 12.8 Å². The first-order chi connectivity index (χ1) is 18.8. The molecule has 0 spiro atoms. The van der Waals surface area contributed by atoms with E-state index in [1.165, 1.54) is 25.1 Å². The third-order valence-corrected chi connectivity index (χ3v) is 6.25. The van der Waals surface area contributed by atoms with Crippen LogP contribution in [0.1, 0.15) is 87.1 Å². The maximum atomic E-state index is 12.6. The van der Waals surface area contributed by atoms with Crippen LogP contribution < -0.4 is 15.2 Å². The molecule has 12 heteroatoms. The summed E-state index contributed by atoms with van der Waals surface area (Å²) >= 11 is 0. The number of carbonyl (C=O) groups is 4. The van der Waals surface area contributed by atoms with E-state index >= 15 is 0 Å². The molecule has 0 aliphatic heterocycles. The normalized spacial score (nSPS) is 13.9. The second kappa shape index (κ2) is 14.9.